The van der Waals surface area contributed by atoms with Crippen molar-refractivity contribution in [2.75, 3.05) is 0 Å². The average Bonchev–Trinajstić information content (AvgIpc) is 3.48. The van der Waals surface area contributed by atoms with Crippen LogP contribution in [-0.4, -0.2) is 10.8 Å². The van der Waals surface area contributed by atoms with Crippen LogP contribution in [0, 0.1) is 17.8 Å². The van der Waals surface area contributed by atoms with E-state index in [0.717, 1.165) is 73.9 Å². The third-order valence-electron chi connectivity index (χ3n) is 6.97. The molecule has 0 amide bonds. The minimum absolute atomic E-state index is 0.0712. The molecule has 0 spiro atoms. The number of halogens is 2. The first-order valence-corrected chi connectivity index (χ1v) is 10.8. The van der Waals surface area contributed by atoms with Gasteiger partial charge in [-0.15, -0.1) is 6.42 Å². The fourth-order valence-corrected chi connectivity index (χ4v) is 5.43. The number of aromatic nitrogens is 1. The van der Waals surface area contributed by atoms with Gasteiger partial charge in [-0.2, -0.15) is 0 Å². The molecule has 0 atom stereocenters. The molecule has 5 heteroatoms. The van der Waals surface area contributed by atoms with Gasteiger partial charge < -0.3 is 9.26 Å². The van der Waals surface area contributed by atoms with Crippen LogP contribution in [0.2, 0.25) is 10.0 Å². The van der Waals surface area contributed by atoms with E-state index in [1.54, 1.807) is 0 Å². The van der Waals surface area contributed by atoms with E-state index >= 15 is 0 Å². The Bertz CT molecular complexity index is 909. The zero-order valence-electron chi connectivity index (χ0n) is 15.8. The molecule has 1 heterocycles. The molecule has 1 aromatic heterocycles. The summed E-state index contributed by atoms with van der Waals surface area (Å²) in [4.78, 5) is 0. The van der Waals surface area contributed by atoms with Gasteiger partial charge in [0.1, 0.15) is 11.5 Å². The predicted molar refractivity (Wildman–Crippen MR) is 110 cm³/mol. The van der Waals surface area contributed by atoms with Crippen molar-refractivity contribution in [1.82, 2.24) is 5.16 Å². The zero-order chi connectivity index (χ0) is 19.4. The molecular weight excluding hydrogens is 393 g/mol. The molecule has 3 nitrogen and oxygen atoms in total. The molecule has 146 valence electrons. The maximum atomic E-state index is 6.60. The summed E-state index contributed by atoms with van der Waals surface area (Å²) in [5.41, 5.74) is 2.50. The number of fused-ring (bicyclic) bond motifs is 3. The summed E-state index contributed by atoms with van der Waals surface area (Å²) in [5, 5.41) is 5.53. The molecule has 0 aliphatic heterocycles. The Morgan fingerprint density at radius 3 is 2.32 bits per heavy atom. The van der Waals surface area contributed by atoms with E-state index in [4.69, 9.17) is 38.9 Å². The van der Waals surface area contributed by atoms with Gasteiger partial charge in [-0.25, -0.2) is 0 Å². The average molecular weight is 416 g/mol. The Hall–Kier alpha value is -1.47. The van der Waals surface area contributed by atoms with Gasteiger partial charge in [0.05, 0.1) is 22.3 Å². The van der Waals surface area contributed by atoms with Crippen molar-refractivity contribution < 1.29 is 9.26 Å². The zero-order valence-corrected chi connectivity index (χ0v) is 17.3. The van der Waals surface area contributed by atoms with Gasteiger partial charge in [-0.05, 0) is 63.5 Å². The van der Waals surface area contributed by atoms with Crippen molar-refractivity contribution in [3.05, 3.63) is 39.6 Å². The topological polar surface area (TPSA) is 35.3 Å². The van der Waals surface area contributed by atoms with Crippen LogP contribution in [0.4, 0.5) is 0 Å². The maximum Gasteiger partial charge on any atom is 0.145 e. The minimum atomic E-state index is -0.0712. The van der Waals surface area contributed by atoms with Gasteiger partial charge in [0.25, 0.3) is 0 Å². The van der Waals surface area contributed by atoms with Crippen LogP contribution in [0.5, 0.6) is 0 Å². The number of hydrogen-bond acceptors (Lipinski definition) is 3. The van der Waals surface area contributed by atoms with Crippen molar-refractivity contribution in [2.45, 2.75) is 69.5 Å². The van der Waals surface area contributed by atoms with Crippen LogP contribution < -0.4 is 0 Å². The lowest BCUT2D eigenvalue weighted by atomic mass is 9.59. The molecule has 4 saturated carbocycles. The summed E-state index contributed by atoms with van der Waals surface area (Å²) in [6.45, 7) is 0.481. The Kier molecular flexibility index (Phi) is 4.51. The van der Waals surface area contributed by atoms with Gasteiger partial charge >= 0.3 is 0 Å². The smallest absolute Gasteiger partial charge is 0.145 e. The van der Waals surface area contributed by atoms with Gasteiger partial charge in [0, 0.05) is 22.5 Å². The summed E-state index contributed by atoms with van der Waals surface area (Å²) >= 11 is 12.9. The van der Waals surface area contributed by atoms with Crippen molar-refractivity contribution in [3.63, 3.8) is 0 Å². The predicted octanol–water partition coefficient (Wildman–Crippen LogP) is 6.77. The molecule has 2 aromatic rings. The van der Waals surface area contributed by atoms with Crippen LogP contribution in [0.3, 0.4) is 0 Å². The van der Waals surface area contributed by atoms with Gasteiger partial charge in [0.2, 0.25) is 0 Å². The normalized spacial score (nSPS) is 29.0. The van der Waals surface area contributed by atoms with Crippen LogP contribution in [-0.2, 0) is 11.3 Å². The largest absolute Gasteiger partial charge is 0.370 e. The van der Waals surface area contributed by atoms with Crippen molar-refractivity contribution >= 4 is 23.2 Å². The molecule has 0 radical (unpaired) electrons. The van der Waals surface area contributed by atoms with Crippen LogP contribution in [0.15, 0.2) is 22.7 Å². The fraction of sp³-hybridized carbons (Fsp3) is 0.522. The summed E-state index contributed by atoms with van der Waals surface area (Å²) in [7, 11) is 0. The standard InChI is InChI=1S/C23H23Cl2NO2/c1-2-22-8-11-23(12-9-22,13-10-22)27-14-16-20(26-28-21(16)15-6-7-15)19-17(24)4-3-5-18(19)25/h1,3-5,15H,6-14H2. The SMILES string of the molecule is C#CC12CCC(OCc3c(-c4c(Cl)cccc4Cl)noc3C3CC3)(CC1)CC2. The molecule has 4 aliphatic carbocycles. The highest BCUT2D eigenvalue weighted by Crippen LogP contribution is 2.54. The van der Waals surface area contributed by atoms with Gasteiger partial charge in [0.15, 0.2) is 0 Å². The molecule has 0 unspecified atom stereocenters. The van der Waals surface area contributed by atoms with E-state index < -0.39 is 0 Å². The molecule has 0 saturated heterocycles. The lowest BCUT2D eigenvalue weighted by molar-refractivity contribution is -0.131. The van der Waals surface area contributed by atoms with E-state index in [0.29, 0.717) is 22.6 Å². The van der Waals surface area contributed by atoms with Crippen LogP contribution in [0.25, 0.3) is 11.3 Å². The second-order valence-corrected chi connectivity index (χ2v) is 9.46. The second-order valence-electron chi connectivity index (χ2n) is 8.64. The van der Waals surface area contributed by atoms with Crippen molar-refractivity contribution in [1.29, 1.82) is 0 Å². The molecule has 6 rings (SSSR count). The first-order valence-electron chi connectivity index (χ1n) is 10.1. The summed E-state index contributed by atoms with van der Waals surface area (Å²) in [6, 6.07) is 5.51. The number of rotatable bonds is 5. The van der Waals surface area contributed by atoms with Crippen LogP contribution >= 0.6 is 23.2 Å². The molecule has 4 fully saturated rings. The van der Waals surface area contributed by atoms with E-state index in [-0.39, 0.29) is 11.0 Å². The number of terminal acetylenes is 1. The highest BCUT2D eigenvalue weighted by molar-refractivity contribution is 6.39. The Balaban J connectivity index is 1.44. The van der Waals surface area contributed by atoms with Gasteiger partial charge in [-0.1, -0.05) is 40.3 Å². The maximum absolute atomic E-state index is 6.60. The Morgan fingerprint density at radius 1 is 1.11 bits per heavy atom. The lowest BCUT2D eigenvalue weighted by Gasteiger charge is -2.50. The quantitative estimate of drug-likeness (QED) is 0.505. The Labute approximate surface area is 175 Å². The van der Waals surface area contributed by atoms with E-state index in [1.165, 1.54) is 0 Å². The van der Waals surface area contributed by atoms with E-state index in [2.05, 4.69) is 11.1 Å². The van der Waals surface area contributed by atoms with E-state index in [1.807, 2.05) is 18.2 Å². The van der Waals surface area contributed by atoms with Crippen molar-refractivity contribution in [3.8, 4) is 23.6 Å². The second kappa shape index (κ2) is 6.80. The molecule has 28 heavy (non-hydrogen) atoms. The first-order chi connectivity index (χ1) is 13.5. The van der Waals surface area contributed by atoms with Crippen LogP contribution in [0.1, 0.15) is 68.6 Å². The fourth-order valence-electron chi connectivity index (χ4n) is 4.86. The van der Waals surface area contributed by atoms with E-state index in [9.17, 15) is 0 Å². The summed E-state index contributed by atoms with van der Waals surface area (Å²) in [6.07, 6.45) is 14.3. The number of nitrogens with zero attached hydrogens (tertiary/aromatic N) is 1. The monoisotopic (exact) mass is 415 g/mol. The highest BCUT2D eigenvalue weighted by Gasteiger charge is 2.49. The number of hydrogen-bond donors (Lipinski definition) is 0. The number of ether oxygens (including phenoxy) is 1. The molecule has 2 bridgehead atoms. The molecule has 1 aromatic carbocycles. The first kappa shape index (κ1) is 18.6. The molecule has 4 aliphatic rings. The summed E-state index contributed by atoms with van der Waals surface area (Å²) in [5.74, 6) is 4.43. The molecular formula is C23H23Cl2NO2. The third kappa shape index (κ3) is 3.07. The van der Waals surface area contributed by atoms with Gasteiger partial charge in [-0.3, -0.25) is 0 Å². The highest BCUT2D eigenvalue weighted by atomic mass is 35.5. The Morgan fingerprint density at radius 2 is 1.75 bits per heavy atom. The van der Waals surface area contributed by atoms with Crippen molar-refractivity contribution in [2.24, 2.45) is 5.41 Å². The third-order valence-corrected chi connectivity index (χ3v) is 7.60. The lowest BCUT2D eigenvalue weighted by Crippen LogP contribution is -2.47. The summed E-state index contributed by atoms with van der Waals surface area (Å²) < 4.78 is 12.4. The number of benzene rings is 1. The molecule has 0 N–H and O–H groups in total. The minimum Gasteiger partial charge on any atom is -0.370 e.